The van der Waals surface area contributed by atoms with E-state index in [1.54, 1.807) is 0 Å². The second-order valence-electron chi connectivity index (χ2n) is 5.80. The third kappa shape index (κ3) is 6.88. The molecule has 0 amide bonds. The summed E-state index contributed by atoms with van der Waals surface area (Å²) in [7, 11) is 1.91. The number of likely N-dealkylation sites (N-methyl/N-ethyl adjacent to an activating group) is 1. The topological polar surface area (TPSA) is 38.8 Å². The van der Waals surface area contributed by atoms with E-state index in [4.69, 9.17) is 9.47 Å². The van der Waals surface area contributed by atoms with E-state index in [0.29, 0.717) is 6.61 Å². The van der Waals surface area contributed by atoms with Gasteiger partial charge in [-0.2, -0.15) is 0 Å². The third-order valence-corrected chi connectivity index (χ3v) is 4.27. The van der Waals surface area contributed by atoms with Gasteiger partial charge in [-0.25, -0.2) is 0 Å². The molecule has 0 bridgehead atoms. The number of ether oxygens (including phenoxy) is 2. The van der Waals surface area contributed by atoms with E-state index in [1.807, 2.05) is 61.3 Å². The first-order valence-electron chi connectivity index (χ1n) is 8.40. The van der Waals surface area contributed by atoms with Crippen LogP contribution < -0.4 is 4.74 Å². The molecule has 2 aromatic carbocycles. The highest BCUT2D eigenvalue weighted by Gasteiger charge is 2.16. The smallest absolute Gasteiger partial charge is 0.320 e. The van der Waals surface area contributed by atoms with Gasteiger partial charge in [-0.05, 0) is 43.8 Å². The fraction of sp³-hybridized carbons (Fsp3) is 0.350. The van der Waals surface area contributed by atoms with Crippen molar-refractivity contribution in [1.82, 2.24) is 4.90 Å². The van der Waals surface area contributed by atoms with E-state index in [2.05, 4.69) is 28.1 Å². The highest BCUT2D eigenvalue weighted by atomic mass is 79.9. The van der Waals surface area contributed by atoms with Gasteiger partial charge in [0.15, 0.2) is 0 Å². The molecule has 134 valence electrons. The third-order valence-electron chi connectivity index (χ3n) is 3.74. The molecule has 0 saturated heterocycles. The van der Waals surface area contributed by atoms with Crippen molar-refractivity contribution in [1.29, 1.82) is 0 Å². The minimum absolute atomic E-state index is 0.0832. The first-order chi connectivity index (χ1) is 12.1. The molecule has 0 N–H and O–H groups in total. The first-order valence-corrected chi connectivity index (χ1v) is 9.19. The summed E-state index contributed by atoms with van der Waals surface area (Å²) < 4.78 is 12.2. The van der Waals surface area contributed by atoms with Crippen molar-refractivity contribution in [2.45, 2.75) is 19.4 Å². The van der Waals surface area contributed by atoms with E-state index in [1.165, 1.54) is 0 Å². The number of hydrogen-bond acceptors (Lipinski definition) is 4. The van der Waals surface area contributed by atoms with Crippen LogP contribution in [0.25, 0.3) is 0 Å². The summed E-state index contributed by atoms with van der Waals surface area (Å²) in [6.07, 6.45) is 0.687. The van der Waals surface area contributed by atoms with Gasteiger partial charge >= 0.3 is 5.97 Å². The zero-order valence-corrected chi connectivity index (χ0v) is 16.2. The molecule has 0 aliphatic rings. The minimum atomic E-state index is -0.200. The maximum absolute atomic E-state index is 11.6. The summed E-state index contributed by atoms with van der Waals surface area (Å²) >= 11 is 3.47. The maximum Gasteiger partial charge on any atom is 0.320 e. The summed E-state index contributed by atoms with van der Waals surface area (Å²) in [5.74, 6) is 0.637. The largest absolute Gasteiger partial charge is 0.486 e. The summed E-state index contributed by atoms with van der Waals surface area (Å²) in [5.41, 5.74) is 1.11. The number of nitrogens with zero attached hydrogens (tertiary/aromatic N) is 1. The van der Waals surface area contributed by atoms with Crippen LogP contribution in [0.1, 0.15) is 25.0 Å². The Morgan fingerprint density at radius 1 is 1.12 bits per heavy atom. The van der Waals surface area contributed by atoms with Crippen LogP contribution in [0.5, 0.6) is 5.75 Å². The van der Waals surface area contributed by atoms with Crippen molar-refractivity contribution >= 4 is 21.9 Å². The predicted molar refractivity (Wildman–Crippen MR) is 103 cm³/mol. The minimum Gasteiger partial charge on any atom is -0.486 e. The van der Waals surface area contributed by atoms with Gasteiger partial charge in [-0.3, -0.25) is 9.69 Å². The molecule has 4 nitrogen and oxygen atoms in total. The lowest BCUT2D eigenvalue weighted by molar-refractivity contribution is -0.144. The van der Waals surface area contributed by atoms with Crippen molar-refractivity contribution in [3.8, 4) is 5.75 Å². The van der Waals surface area contributed by atoms with Crippen LogP contribution in [0.2, 0.25) is 0 Å². The standard InChI is InChI=1S/C20H24BrNO3/c1-3-24-20(23)15-22(2)14-13-19(16-9-11-17(21)12-10-16)25-18-7-5-4-6-8-18/h4-12,19H,3,13-15H2,1-2H3. The average molecular weight is 406 g/mol. The molecule has 0 aliphatic heterocycles. The van der Waals surface area contributed by atoms with Crippen LogP contribution in [0.15, 0.2) is 59.1 Å². The van der Waals surface area contributed by atoms with Crippen molar-refractivity contribution in [2.75, 3.05) is 26.7 Å². The number of halogens is 1. The Kier molecular flexibility index (Phi) is 7.95. The first kappa shape index (κ1) is 19.5. The van der Waals surface area contributed by atoms with Gasteiger partial charge < -0.3 is 9.47 Å². The van der Waals surface area contributed by atoms with E-state index in [9.17, 15) is 4.79 Å². The van der Waals surface area contributed by atoms with Crippen molar-refractivity contribution < 1.29 is 14.3 Å². The van der Waals surface area contributed by atoms with Crippen LogP contribution in [-0.4, -0.2) is 37.6 Å². The second-order valence-corrected chi connectivity index (χ2v) is 6.72. The molecule has 0 aromatic heterocycles. The SMILES string of the molecule is CCOC(=O)CN(C)CCC(Oc1ccccc1)c1ccc(Br)cc1. The van der Waals surface area contributed by atoms with Crippen molar-refractivity contribution in [2.24, 2.45) is 0 Å². The van der Waals surface area contributed by atoms with E-state index in [-0.39, 0.29) is 18.6 Å². The Balaban J connectivity index is 2.01. The van der Waals surface area contributed by atoms with E-state index < -0.39 is 0 Å². The highest BCUT2D eigenvalue weighted by molar-refractivity contribution is 9.10. The number of para-hydroxylation sites is 1. The average Bonchev–Trinajstić information content (AvgIpc) is 2.60. The zero-order valence-electron chi connectivity index (χ0n) is 14.7. The summed E-state index contributed by atoms with van der Waals surface area (Å²) in [6.45, 7) is 3.24. The monoisotopic (exact) mass is 405 g/mol. The molecule has 2 aromatic rings. The fourth-order valence-corrected chi connectivity index (χ4v) is 2.74. The van der Waals surface area contributed by atoms with Crippen molar-refractivity contribution in [3.05, 3.63) is 64.6 Å². The number of benzene rings is 2. The Bertz CT molecular complexity index is 646. The lowest BCUT2D eigenvalue weighted by atomic mass is 10.1. The molecule has 0 spiro atoms. The normalized spacial score (nSPS) is 12.0. The number of hydrogen-bond donors (Lipinski definition) is 0. The fourth-order valence-electron chi connectivity index (χ4n) is 2.48. The summed E-state index contributed by atoms with van der Waals surface area (Å²) in [5, 5.41) is 0. The van der Waals surface area contributed by atoms with Gasteiger partial charge in [-0.15, -0.1) is 0 Å². The Labute approximate surface area is 157 Å². The molecule has 0 aliphatic carbocycles. The van der Waals surface area contributed by atoms with Gasteiger partial charge in [-0.1, -0.05) is 46.3 Å². The molecule has 2 rings (SSSR count). The van der Waals surface area contributed by atoms with Crippen LogP contribution in [0.4, 0.5) is 0 Å². The molecule has 0 radical (unpaired) electrons. The van der Waals surface area contributed by atoms with Crippen molar-refractivity contribution in [3.63, 3.8) is 0 Å². The van der Waals surface area contributed by atoms with Gasteiger partial charge in [0.1, 0.15) is 11.9 Å². The number of esters is 1. The van der Waals surface area contributed by atoms with Gasteiger partial charge in [0.25, 0.3) is 0 Å². The molecule has 1 atom stereocenters. The second kappa shape index (κ2) is 10.2. The van der Waals surface area contributed by atoms with Gasteiger partial charge in [0.2, 0.25) is 0 Å². The maximum atomic E-state index is 11.6. The molecule has 25 heavy (non-hydrogen) atoms. The molecule has 0 heterocycles. The summed E-state index contributed by atoms with van der Waals surface area (Å²) in [4.78, 5) is 13.6. The lowest BCUT2D eigenvalue weighted by Crippen LogP contribution is -2.29. The predicted octanol–water partition coefficient (Wildman–Crippen LogP) is 4.45. The number of rotatable bonds is 9. The van der Waals surface area contributed by atoms with Crippen LogP contribution >= 0.6 is 15.9 Å². The molecular formula is C20H24BrNO3. The Morgan fingerprint density at radius 3 is 2.44 bits per heavy atom. The van der Waals surface area contributed by atoms with Crippen LogP contribution in [0.3, 0.4) is 0 Å². The quantitative estimate of drug-likeness (QED) is 0.577. The van der Waals surface area contributed by atoms with E-state index >= 15 is 0 Å². The van der Waals surface area contributed by atoms with Gasteiger partial charge in [0.05, 0.1) is 13.2 Å². The molecule has 0 fully saturated rings. The molecule has 5 heteroatoms. The van der Waals surface area contributed by atoms with Crippen LogP contribution in [0, 0.1) is 0 Å². The Morgan fingerprint density at radius 2 is 1.80 bits per heavy atom. The highest BCUT2D eigenvalue weighted by Crippen LogP contribution is 2.26. The zero-order chi connectivity index (χ0) is 18.1. The molecular weight excluding hydrogens is 382 g/mol. The number of carbonyl (C=O) groups is 1. The van der Waals surface area contributed by atoms with Gasteiger partial charge in [0, 0.05) is 17.4 Å². The van der Waals surface area contributed by atoms with Crippen LogP contribution in [-0.2, 0) is 9.53 Å². The lowest BCUT2D eigenvalue weighted by Gasteiger charge is -2.23. The Hall–Kier alpha value is -1.85. The number of carbonyl (C=O) groups excluding carboxylic acids is 1. The molecule has 1 unspecified atom stereocenters. The summed E-state index contributed by atoms with van der Waals surface area (Å²) in [6, 6.07) is 17.9. The van der Waals surface area contributed by atoms with E-state index in [0.717, 1.165) is 28.8 Å². The molecule has 0 saturated carbocycles.